The Kier molecular flexibility index (Phi) is 5.89. The number of nitrogens with one attached hydrogen (secondary N) is 2. The third kappa shape index (κ3) is 4.50. The molecule has 25 heavy (non-hydrogen) atoms. The van der Waals surface area contributed by atoms with Gasteiger partial charge in [-0.1, -0.05) is 24.3 Å². The highest BCUT2D eigenvalue weighted by molar-refractivity contribution is 7.10. The van der Waals surface area contributed by atoms with Gasteiger partial charge in [-0.15, -0.1) is 11.3 Å². The Labute approximate surface area is 152 Å². The van der Waals surface area contributed by atoms with Gasteiger partial charge < -0.3 is 15.2 Å². The number of para-hydroxylation sites is 1. The lowest BCUT2D eigenvalue weighted by atomic mass is 10.1. The molecule has 0 spiro atoms. The van der Waals surface area contributed by atoms with E-state index >= 15 is 0 Å². The number of likely N-dealkylation sites (N-methyl/N-ethyl adjacent to an activating group) is 1. The Morgan fingerprint density at radius 3 is 2.84 bits per heavy atom. The first-order valence-electron chi connectivity index (χ1n) is 8.66. The number of thiophene rings is 1. The molecular formula is C20H25N3OS. The molecular weight excluding hydrogens is 330 g/mol. The van der Waals surface area contributed by atoms with Crippen LogP contribution in [0.2, 0.25) is 0 Å². The fourth-order valence-electron chi connectivity index (χ4n) is 3.10. The topological polar surface area (TPSA) is 48.1 Å². The normalized spacial score (nSPS) is 12.6. The highest BCUT2D eigenvalue weighted by Crippen LogP contribution is 2.22. The maximum absolute atomic E-state index is 12.2. The average molecular weight is 356 g/mol. The van der Waals surface area contributed by atoms with Crippen molar-refractivity contribution in [2.24, 2.45) is 0 Å². The van der Waals surface area contributed by atoms with Crippen molar-refractivity contribution in [3.8, 4) is 0 Å². The summed E-state index contributed by atoms with van der Waals surface area (Å²) in [7, 11) is 4.10. The van der Waals surface area contributed by atoms with E-state index in [2.05, 4.69) is 57.1 Å². The van der Waals surface area contributed by atoms with Gasteiger partial charge in [-0.05, 0) is 50.0 Å². The molecule has 3 rings (SSSR count). The van der Waals surface area contributed by atoms with E-state index < -0.39 is 0 Å². The van der Waals surface area contributed by atoms with Gasteiger partial charge in [0.15, 0.2) is 0 Å². The zero-order valence-electron chi connectivity index (χ0n) is 14.8. The molecule has 0 radical (unpaired) electrons. The predicted molar refractivity (Wildman–Crippen MR) is 105 cm³/mol. The first kappa shape index (κ1) is 17.7. The van der Waals surface area contributed by atoms with Crippen LogP contribution >= 0.6 is 11.3 Å². The molecule has 0 unspecified atom stereocenters. The fraction of sp³-hybridized carbons (Fsp3) is 0.350. The van der Waals surface area contributed by atoms with Crippen LogP contribution in [0.25, 0.3) is 10.9 Å². The van der Waals surface area contributed by atoms with Gasteiger partial charge in [0.25, 0.3) is 0 Å². The Bertz CT molecular complexity index is 807. The van der Waals surface area contributed by atoms with Crippen LogP contribution in [0, 0.1) is 0 Å². The molecule has 5 heteroatoms. The minimum absolute atomic E-state index is 0.128. The molecule has 2 aromatic heterocycles. The number of aromatic amines is 1. The van der Waals surface area contributed by atoms with E-state index in [1.54, 1.807) is 11.3 Å². The summed E-state index contributed by atoms with van der Waals surface area (Å²) in [6, 6.07) is 12.7. The Morgan fingerprint density at radius 2 is 2.08 bits per heavy atom. The van der Waals surface area contributed by atoms with Crippen LogP contribution in [0.4, 0.5) is 0 Å². The van der Waals surface area contributed by atoms with Crippen molar-refractivity contribution in [2.45, 2.75) is 25.3 Å². The first-order valence-corrected chi connectivity index (χ1v) is 9.54. The van der Waals surface area contributed by atoms with Crippen LogP contribution < -0.4 is 5.32 Å². The number of fused-ring (bicyclic) bond motifs is 1. The lowest BCUT2D eigenvalue weighted by Crippen LogP contribution is -2.34. The molecule has 0 bridgehead atoms. The van der Waals surface area contributed by atoms with E-state index in [0.29, 0.717) is 13.0 Å². The summed E-state index contributed by atoms with van der Waals surface area (Å²) in [6.45, 7) is 0.652. The van der Waals surface area contributed by atoms with Crippen LogP contribution in [0.5, 0.6) is 0 Å². The monoisotopic (exact) mass is 355 g/mol. The van der Waals surface area contributed by atoms with Crippen molar-refractivity contribution in [1.29, 1.82) is 0 Å². The van der Waals surface area contributed by atoms with Gasteiger partial charge in [-0.3, -0.25) is 4.79 Å². The number of H-pyrrole nitrogens is 1. The van der Waals surface area contributed by atoms with E-state index in [0.717, 1.165) is 18.4 Å². The summed E-state index contributed by atoms with van der Waals surface area (Å²) in [5.74, 6) is 0.128. The molecule has 2 N–H and O–H groups in total. The Morgan fingerprint density at radius 1 is 1.24 bits per heavy atom. The summed E-state index contributed by atoms with van der Waals surface area (Å²) in [6.07, 6.45) is 4.39. The van der Waals surface area contributed by atoms with Crippen molar-refractivity contribution < 1.29 is 4.79 Å². The molecule has 0 aliphatic heterocycles. The lowest BCUT2D eigenvalue weighted by Gasteiger charge is -2.23. The van der Waals surface area contributed by atoms with Gasteiger partial charge in [0.05, 0.1) is 6.04 Å². The number of benzene rings is 1. The number of carbonyl (C=O) groups is 1. The van der Waals surface area contributed by atoms with Crippen LogP contribution in [-0.4, -0.2) is 36.4 Å². The molecule has 0 aliphatic carbocycles. The summed E-state index contributed by atoms with van der Waals surface area (Å²) in [5, 5.41) is 6.42. The van der Waals surface area contributed by atoms with E-state index in [1.807, 2.05) is 20.2 Å². The molecule has 0 fully saturated rings. The second kappa shape index (κ2) is 8.32. The van der Waals surface area contributed by atoms with E-state index in [9.17, 15) is 4.79 Å². The Balaban J connectivity index is 1.46. The summed E-state index contributed by atoms with van der Waals surface area (Å²) in [4.78, 5) is 18.9. The molecule has 1 amide bonds. The first-order chi connectivity index (χ1) is 12.1. The van der Waals surface area contributed by atoms with Crippen molar-refractivity contribution in [3.63, 3.8) is 0 Å². The van der Waals surface area contributed by atoms with Crippen molar-refractivity contribution in [1.82, 2.24) is 15.2 Å². The molecule has 4 nitrogen and oxygen atoms in total. The quantitative estimate of drug-likeness (QED) is 0.642. The van der Waals surface area contributed by atoms with Gasteiger partial charge in [-0.2, -0.15) is 0 Å². The molecule has 1 aromatic carbocycles. The molecule has 1 atom stereocenters. The molecule has 132 valence electrons. The average Bonchev–Trinajstić information content (AvgIpc) is 3.25. The Hall–Kier alpha value is -2.11. The lowest BCUT2D eigenvalue weighted by molar-refractivity contribution is -0.121. The van der Waals surface area contributed by atoms with Crippen LogP contribution in [0.3, 0.4) is 0 Å². The fourth-order valence-corrected chi connectivity index (χ4v) is 4.02. The summed E-state index contributed by atoms with van der Waals surface area (Å²) >= 11 is 1.73. The highest BCUT2D eigenvalue weighted by atomic mass is 32.1. The van der Waals surface area contributed by atoms with Crippen LogP contribution in [0.15, 0.2) is 48.0 Å². The second-order valence-electron chi connectivity index (χ2n) is 6.51. The van der Waals surface area contributed by atoms with Crippen LogP contribution in [-0.2, 0) is 11.2 Å². The molecule has 3 aromatic rings. The number of amides is 1. The van der Waals surface area contributed by atoms with Gasteiger partial charge in [0, 0.05) is 34.9 Å². The van der Waals surface area contributed by atoms with Gasteiger partial charge in [0.1, 0.15) is 0 Å². The maximum atomic E-state index is 12.2. The molecule has 2 heterocycles. The minimum Gasteiger partial charge on any atom is -0.361 e. The molecule has 0 aliphatic rings. The minimum atomic E-state index is 0.128. The number of carbonyl (C=O) groups excluding carboxylic acids is 1. The number of aryl methyl sites for hydroxylation is 1. The number of hydrogen-bond acceptors (Lipinski definition) is 3. The van der Waals surface area contributed by atoms with E-state index in [4.69, 9.17) is 0 Å². The smallest absolute Gasteiger partial charge is 0.220 e. The largest absolute Gasteiger partial charge is 0.361 e. The zero-order chi connectivity index (χ0) is 17.6. The van der Waals surface area contributed by atoms with Crippen molar-refractivity contribution >= 4 is 28.1 Å². The molecule has 0 saturated carbocycles. The van der Waals surface area contributed by atoms with Gasteiger partial charge >= 0.3 is 0 Å². The zero-order valence-corrected chi connectivity index (χ0v) is 15.6. The number of hydrogen-bond donors (Lipinski definition) is 2. The summed E-state index contributed by atoms with van der Waals surface area (Å²) < 4.78 is 0. The number of nitrogens with zero attached hydrogens (tertiary/aromatic N) is 1. The van der Waals surface area contributed by atoms with Gasteiger partial charge in [-0.25, -0.2) is 0 Å². The third-order valence-electron chi connectivity index (χ3n) is 4.51. The maximum Gasteiger partial charge on any atom is 0.220 e. The van der Waals surface area contributed by atoms with Crippen LogP contribution in [0.1, 0.15) is 29.3 Å². The van der Waals surface area contributed by atoms with Crippen molar-refractivity contribution in [2.75, 3.05) is 20.6 Å². The van der Waals surface area contributed by atoms with E-state index in [-0.39, 0.29) is 11.9 Å². The standard InChI is InChI=1S/C20H25N3OS/c1-23(2)18(19-10-6-12-25-19)14-22-20(24)11-5-7-15-13-21-17-9-4-3-8-16(15)17/h3-4,6,8-10,12-13,18,21H,5,7,11,14H2,1-2H3,(H,22,24)/t18-/m1/s1. The van der Waals surface area contributed by atoms with Crippen molar-refractivity contribution in [3.05, 3.63) is 58.4 Å². The molecule has 0 saturated heterocycles. The SMILES string of the molecule is CN(C)[C@H](CNC(=O)CCCc1c[nH]c2ccccc12)c1cccs1. The summed E-state index contributed by atoms with van der Waals surface area (Å²) in [5.41, 5.74) is 2.44. The van der Waals surface area contributed by atoms with Gasteiger partial charge in [0.2, 0.25) is 5.91 Å². The number of aromatic nitrogens is 1. The predicted octanol–water partition coefficient (Wildman–Crippen LogP) is 3.97. The highest BCUT2D eigenvalue weighted by Gasteiger charge is 2.16. The second-order valence-corrected chi connectivity index (χ2v) is 7.49. The third-order valence-corrected chi connectivity index (χ3v) is 5.49. The number of rotatable bonds is 8. The van der Waals surface area contributed by atoms with E-state index in [1.165, 1.54) is 15.8 Å².